The monoisotopic (exact) mass is 238 g/mol. The Kier molecular flexibility index (Phi) is 5.86. The van der Waals surface area contributed by atoms with Gasteiger partial charge < -0.3 is 15.4 Å². The predicted octanol–water partition coefficient (Wildman–Crippen LogP) is 0.895. The molecule has 17 heavy (non-hydrogen) atoms. The highest BCUT2D eigenvalue weighted by Gasteiger charge is 2.09. The second kappa shape index (κ2) is 7.19. The molecule has 0 saturated heterocycles. The molecule has 2 N–H and O–H groups in total. The minimum Gasteiger partial charge on any atom is -0.383 e. The zero-order chi connectivity index (χ0) is 12.7. The third-order valence-electron chi connectivity index (χ3n) is 2.45. The molecule has 0 aliphatic heterocycles. The molecule has 0 spiro atoms. The van der Waals surface area contributed by atoms with Gasteiger partial charge in [0.15, 0.2) is 0 Å². The zero-order valence-electron chi connectivity index (χ0n) is 10.9. The number of rotatable bonds is 7. The van der Waals surface area contributed by atoms with Gasteiger partial charge in [0.1, 0.15) is 0 Å². The molecule has 0 fully saturated rings. The summed E-state index contributed by atoms with van der Waals surface area (Å²) < 4.78 is 5.11. The highest BCUT2D eigenvalue weighted by Crippen LogP contribution is 2.10. The summed E-state index contributed by atoms with van der Waals surface area (Å²) in [5.74, 6) is 0.771. The fourth-order valence-electron chi connectivity index (χ4n) is 1.64. The second-order valence-electron chi connectivity index (χ2n) is 4.07. The van der Waals surface area contributed by atoms with Crippen LogP contribution in [-0.4, -0.2) is 43.3 Å². The van der Waals surface area contributed by atoms with Crippen LogP contribution in [0.5, 0.6) is 0 Å². The number of methoxy groups -OCH3 is 1. The lowest BCUT2D eigenvalue weighted by molar-refractivity contribution is 0.205. The molecule has 96 valence electrons. The van der Waals surface area contributed by atoms with E-state index in [1.165, 1.54) is 0 Å². The molecule has 1 aromatic rings. The van der Waals surface area contributed by atoms with E-state index in [1.807, 2.05) is 19.9 Å². The second-order valence-corrected chi connectivity index (χ2v) is 4.07. The third-order valence-corrected chi connectivity index (χ3v) is 2.45. The van der Waals surface area contributed by atoms with E-state index in [1.54, 1.807) is 7.11 Å². The van der Waals surface area contributed by atoms with Crippen molar-refractivity contribution in [1.82, 2.24) is 9.97 Å². The number of aryl methyl sites for hydroxylation is 2. The first-order valence-electron chi connectivity index (χ1n) is 5.93. The number of hydrogen-bond acceptors (Lipinski definition) is 5. The van der Waals surface area contributed by atoms with Gasteiger partial charge in [-0.15, -0.1) is 0 Å². The van der Waals surface area contributed by atoms with Crippen molar-refractivity contribution in [3.05, 3.63) is 17.5 Å². The molecule has 0 bridgehead atoms. The van der Waals surface area contributed by atoms with Gasteiger partial charge in [0, 0.05) is 31.6 Å². The van der Waals surface area contributed by atoms with Gasteiger partial charge in [-0.25, -0.2) is 9.97 Å². The Bertz CT molecular complexity index is 315. The lowest BCUT2D eigenvalue weighted by Gasteiger charge is -2.22. The molecule has 0 atom stereocenters. The van der Waals surface area contributed by atoms with E-state index in [4.69, 9.17) is 10.5 Å². The van der Waals surface area contributed by atoms with Gasteiger partial charge in [0.25, 0.3) is 0 Å². The molecule has 1 rings (SSSR count). The normalized spacial score (nSPS) is 10.6. The van der Waals surface area contributed by atoms with Crippen molar-refractivity contribution in [3.8, 4) is 0 Å². The maximum Gasteiger partial charge on any atom is 0.225 e. The highest BCUT2D eigenvalue weighted by molar-refractivity contribution is 5.32. The summed E-state index contributed by atoms with van der Waals surface area (Å²) in [7, 11) is 1.70. The molecule has 0 radical (unpaired) electrons. The van der Waals surface area contributed by atoms with Crippen molar-refractivity contribution in [2.75, 3.05) is 38.3 Å². The average Bonchev–Trinajstić information content (AvgIpc) is 2.28. The molecule has 0 amide bonds. The summed E-state index contributed by atoms with van der Waals surface area (Å²) in [6, 6.07) is 1.97. The zero-order valence-corrected chi connectivity index (χ0v) is 10.9. The minimum absolute atomic E-state index is 0.668. The number of ether oxygens (including phenoxy) is 1. The quantitative estimate of drug-likeness (QED) is 0.764. The van der Waals surface area contributed by atoms with E-state index < -0.39 is 0 Å². The van der Waals surface area contributed by atoms with Gasteiger partial charge in [-0.3, -0.25) is 0 Å². The number of anilines is 1. The van der Waals surface area contributed by atoms with Crippen LogP contribution in [0.15, 0.2) is 6.07 Å². The van der Waals surface area contributed by atoms with Crippen LogP contribution in [0.1, 0.15) is 17.8 Å². The molecule has 1 heterocycles. The van der Waals surface area contributed by atoms with Crippen LogP contribution >= 0.6 is 0 Å². The Balaban J connectivity index is 2.78. The summed E-state index contributed by atoms with van der Waals surface area (Å²) in [4.78, 5) is 11.0. The third kappa shape index (κ3) is 4.66. The number of nitrogens with zero attached hydrogens (tertiary/aromatic N) is 3. The molecule has 5 nitrogen and oxygen atoms in total. The van der Waals surface area contributed by atoms with E-state index in [0.29, 0.717) is 13.2 Å². The van der Waals surface area contributed by atoms with Gasteiger partial charge in [0.05, 0.1) is 6.61 Å². The molecule has 0 aromatic carbocycles. The molecule has 0 aliphatic rings. The first-order valence-corrected chi connectivity index (χ1v) is 5.93. The smallest absolute Gasteiger partial charge is 0.225 e. The van der Waals surface area contributed by atoms with Crippen LogP contribution in [0, 0.1) is 13.8 Å². The van der Waals surface area contributed by atoms with Gasteiger partial charge in [-0.2, -0.15) is 0 Å². The van der Waals surface area contributed by atoms with Crippen LogP contribution in [0.4, 0.5) is 5.95 Å². The Morgan fingerprint density at radius 1 is 1.24 bits per heavy atom. The van der Waals surface area contributed by atoms with Crippen molar-refractivity contribution in [1.29, 1.82) is 0 Å². The van der Waals surface area contributed by atoms with E-state index in [0.717, 1.165) is 36.8 Å². The SMILES string of the molecule is COCCN(CCCN)c1nc(C)cc(C)n1. The Morgan fingerprint density at radius 3 is 2.41 bits per heavy atom. The Morgan fingerprint density at radius 2 is 1.88 bits per heavy atom. The maximum atomic E-state index is 5.54. The fraction of sp³-hybridized carbons (Fsp3) is 0.667. The van der Waals surface area contributed by atoms with Gasteiger partial charge in [-0.1, -0.05) is 0 Å². The van der Waals surface area contributed by atoms with Crippen molar-refractivity contribution < 1.29 is 4.74 Å². The largest absolute Gasteiger partial charge is 0.383 e. The summed E-state index contributed by atoms with van der Waals surface area (Å²) in [6.45, 7) is 6.96. The van der Waals surface area contributed by atoms with Gasteiger partial charge in [0.2, 0.25) is 5.95 Å². The van der Waals surface area contributed by atoms with Crippen molar-refractivity contribution in [2.24, 2.45) is 5.73 Å². The lowest BCUT2D eigenvalue weighted by atomic mass is 10.3. The van der Waals surface area contributed by atoms with Gasteiger partial charge >= 0.3 is 0 Å². The highest BCUT2D eigenvalue weighted by atomic mass is 16.5. The van der Waals surface area contributed by atoms with E-state index in [-0.39, 0.29) is 0 Å². The van der Waals surface area contributed by atoms with Crippen LogP contribution < -0.4 is 10.6 Å². The Labute approximate surface area is 103 Å². The Hall–Kier alpha value is -1.20. The molecule has 0 unspecified atom stereocenters. The number of nitrogens with two attached hydrogens (primary N) is 1. The molecule has 1 aromatic heterocycles. The van der Waals surface area contributed by atoms with E-state index >= 15 is 0 Å². The average molecular weight is 238 g/mol. The van der Waals surface area contributed by atoms with Gasteiger partial charge in [-0.05, 0) is 32.9 Å². The standard InChI is InChI=1S/C12H22N4O/c1-10-9-11(2)15-12(14-10)16(6-4-5-13)7-8-17-3/h9H,4-8,13H2,1-3H3. The summed E-state index contributed by atoms with van der Waals surface area (Å²) in [5, 5.41) is 0. The first kappa shape index (κ1) is 13.9. The first-order chi connectivity index (χ1) is 8.17. The van der Waals surface area contributed by atoms with Crippen molar-refractivity contribution >= 4 is 5.95 Å². The summed E-state index contributed by atoms with van der Waals surface area (Å²) in [5.41, 5.74) is 7.52. The topological polar surface area (TPSA) is 64.3 Å². The van der Waals surface area contributed by atoms with Crippen LogP contribution in [0.25, 0.3) is 0 Å². The van der Waals surface area contributed by atoms with E-state index in [2.05, 4.69) is 14.9 Å². The van der Waals surface area contributed by atoms with Crippen LogP contribution in [0.3, 0.4) is 0 Å². The number of hydrogen-bond donors (Lipinski definition) is 1. The molecular weight excluding hydrogens is 216 g/mol. The van der Waals surface area contributed by atoms with Crippen molar-refractivity contribution in [3.63, 3.8) is 0 Å². The summed E-state index contributed by atoms with van der Waals surface area (Å²) in [6.07, 6.45) is 0.931. The van der Waals surface area contributed by atoms with Crippen molar-refractivity contribution in [2.45, 2.75) is 20.3 Å². The van der Waals surface area contributed by atoms with Crippen LogP contribution in [0.2, 0.25) is 0 Å². The number of aromatic nitrogens is 2. The van der Waals surface area contributed by atoms with Crippen LogP contribution in [-0.2, 0) is 4.74 Å². The van der Waals surface area contributed by atoms with E-state index in [9.17, 15) is 0 Å². The molecule has 0 aliphatic carbocycles. The summed E-state index contributed by atoms with van der Waals surface area (Å²) >= 11 is 0. The minimum atomic E-state index is 0.668. The maximum absolute atomic E-state index is 5.54. The predicted molar refractivity (Wildman–Crippen MR) is 69.3 cm³/mol. The molecular formula is C12H22N4O. The molecule has 0 saturated carbocycles. The fourth-order valence-corrected chi connectivity index (χ4v) is 1.64. The lowest BCUT2D eigenvalue weighted by Crippen LogP contribution is -2.31. The molecule has 5 heteroatoms.